The Balaban J connectivity index is 2.07. The van der Waals surface area contributed by atoms with Crippen LogP contribution >= 0.6 is 15.9 Å². The normalized spacial score (nSPS) is 10.3. The average Bonchev–Trinajstić information content (AvgIpc) is 2.51. The molecule has 0 heterocycles. The van der Waals surface area contributed by atoms with Gasteiger partial charge in [-0.05, 0) is 61.7 Å². The maximum Gasteiger partial charge on any atom is 0.337 e. The molecule has 0 atom stereocenters. The number of aryl methyl sites for hydroxylation is 3. The van der Waals surface area contributed by atoms with Crippen LogP contribution in [0.5, 0.6) is 5.75 Å². The monoisotopic (exact) mass is 391 g/mol. The first-order valence-electron chi connectivity index (χ1n) is 7.31. The molecule has 0 bridgehead atoms. The number of benzene rings is 2. The van der Waals surface area contributed by atoms with Gasteiger partial charge >= 0.3 is 5.97 Å². The molecule has 6 heteroatoms. The minimum atomic E-state index is -1.11. The number of anilines is 1. The van der Waals surface area contributed by atoms with Crippen molar-refractivity contribution in [1.82, 2.24) is 0 Å². The number of rotatable bonds is 5. The van der Waals surface area contributed by atoms with Crippen molar-refractivity contribution in [2.45, 2.75) is 20.8 Å². The Hall–Kier alpha value is -2.34. The summed E-state index contributed by atoms with van der Waals surface area (Å²) in [5.41, 5.74) is 3.43. The molecule has 2 N–H and O–H groups in total. The SMILES string of the molecule is Cc1cc(C)c(OCC(=O)Nc2ccc(Br)cc2C(=O)O)cc1C. The lowest BCUT2D eigenvalue weighted by Crippen LogP contribution is -2.21. The van der Waals surface area contributed by atoms with Gasteiger partial charge in [0.05, 0.1) is 11.3 Å². The molecule has 5 nitrogen and oxygen atoms in total. The number of halogens is 1. The van der Waals surface area contributed by atoms with Crippen LogP contribution in [0, 0.1) is 20.8 Å². The van der Waals surface area contributed by atoms with Crippen molar-refractivity contribution in [3.05, 3.63) is 57.1 Å². The Labute approximate surface area is 148 Å². The molecule has 0 saturated heterocycles. The van der Waals surface area contributed by atoms with Crippen molar-refractivity contribution in [3.63, 3.8) is 0 Å². The molecule has 0 aliphatic rings. The Morgan fingerprint density at radius 2 is 1.75 bits per heavy atom. The minimum absolute atomic E-state index is 0.0140. The van der Waals surface area contributed by atoms with E-state index in [0.29, 0.717) is 10.2 Å². The molecular weight excluding hydrogens is 374 g/mol. The van der Waals surface area contributed by atoms with Crippen LogP contribution in [0.25, 0.3) is 0 Å². The van der Waals surface area contributed by atoms with Gasteiger partial charge in [0.15, 0.2) is 6.61 Å². The third-order valence-electron chi connectivity index (χ3n) is 3.64. The second-order valence-corrected chi connectivity index (χ2v) is 6.45. The van der Waals surface area contributed by atoms with Crippen LogP contribution in [0.15, 0.2) is 34.8 Å². The smallest absolute Gasteiger partial charge is 0.337 e. The molecular formula is C18H18BrNO4. The Kier molecular flexibility index (Phi) is 5.62. The van der Waals surface area contributed by atoms with Crippen molar-refractivity contribution in [3.8, 4) is 5.75 Å². The standard InChI is InChI=1S/C18H18BrNO4/c1-10-6-12(3)16(7-11(10)2)24-9-17(21)20-15-5-4-13(19)8-14(15)18(22)23/h4-8H,9H2,1-3H3,(H,20,21)(H,22,23). The first-order valence-corrected chi connectivity index (χ1v) is 8.10. The van der Waals surface area contributed by atoms with Gasteiger partial charge in [0.25, 0.3) is 5.91 Å². The summed E-state index contributed by atoms with van der Waals surface area (Å²) in [6, 6.07) is 8.52. The van der Waals surface area contributed by atoms with Gasteiger partial charge in [0, 0.05) is 4.47 Å². The molecule has 2 aromatic carbocycles. The second kappa shape index (κ2) is 7.49. The van der Waals surface area contributed by atoms with E-state index in [4.69, 9.17) is 4.74 Å². The van der Waals surface area contributed by atoms with Crippen LogP contribution in [0.3, 0.4) is 0 Å². The quantitative estimate of drug-likeness (QED) is 0.804. The summed E-state index contributed by atoms with van der Waals surface area (Å²) < 4.78 is 6.19. The number of carbonyl (C=O) groups is 2. The van der Waals surface area contributed by atoms with E-state index < -0.39 is 11.9 Å². The third-order valence-corrected chi connectivity index (χ3v) is 4.13. The zero-order valence-electron chi connectivity index (χ0n) is 13.6. The van der Waals surface area contributed by atoms with Crippen LogP contribution in [0.2, 0.25) is 0 Å². The van der Waals surface area contributed by atoms with Gasteiger partial charge in [-0.2, -0.15) is 0 Å². The molecule has 2 rings (SSSR count). The molecule has 1 amide bonds. The third kappa shape index (κ3) is 4.35. The summed E-state index contributed by atoms with van der Waals surface area (Å²) in [5, 5.41) is 11.8. The van der Waals surface area contributed by atoms with Gasteiger partial charge in [-0.15, -0.1) is 0 Å². The molecule has 0 saturated carbocycles. The van der Waals surface area contributed by atoms with Crippen LogP contribution in [0.4, 0.5) is 5.69 Å². The minimum Gasteiger partial charge on any atom is -0.483 e. The highest BCUT2D eigenvalue weighted by Gasteiger charge is 2.14. The highest BCUT2D eigenvalue weighted by atomic mass is 79.9. The van der Waals surface area contributed by atoms with Crippen LogP contribution in [-0.4, -0.2) is 23.6 Å². The fourth-order valence-electron chi connectivity index (χ4n) is 2.22. The predicted molar refractivity (Wildman–Crippen MR) is 95.9 cm³/mol. The topological polar surface area (TPSA) is 75.6 Å². The van der Waals surface area contributed by atoms with Crippen LogP contribution < -0.4 is 10.1 Å². The maximum atomic E-state index is 12.1. The van der Waals surface area contributed by atoms with Gasteiger partial charge < -0.3 is 15.2 Å². The number of nitrogens with one attached hydrogen (secondary N) is 1. The number of carboxylic acids is 1. The molecule has 24 heavy (non-hydrogen) atoms. The summed E-state index contributed by atoms with van der Waals surface area (Å²) >= 11 is 3.21. The first kappa shape index (κ1) is 18.0. The summed E-state index contributed by atoms with van der Waals surface area (Å²) in [7, 11) is 0. The molecule has 0 aliphatic carbocycles. The van der Waals surface area contributed by atoms with Crippen LogP contribution in [-0.2, 0) is 4.79 Å². The van der Waals surface area contributed by atoms with Crippen molar-refractivity contribution in [1.29, 1.82) is 0 Å². The number of hydrogen-bond acceptors (Lipinski definition) is 3. The molecule has 0 fully saturated rings. The lowest BCUT2D eigenvalue weighted by atomic mass is 10.1. The van der Waals surface area contributed by atoms with Gasteiger partial charge in [0.2, 0.25) is 0 Å². The highest BCUT2D eigenvalue weighted by Crippen LogP contribution is 2.23. The summed E-state index contributed by atoms with van der Waals surface area (Å²) in [5.74, 6) is -0.891. The molecule has 0 spiro atoms. The number of hydrogen-bond donors (Lipinski definition) is 2. The summed E-state index contributed by atoms with van der Waals surface area (Å²) in [4.78, 5) is 23.3. The molecule has 2 aromatic rings. The van der Waals surface area contributed by atoms with Gasteiger partial charge in [-0.1, -0.05) is 22.0 Å². The lowest BCUT2D eigenvalue weighted by molar-refractivity contribution is -0.118. The summed E-state index contributed by atoms with van der Waals surface area (Å²) in [6.07, 6.45) is 0. The van der Waals surface area contributed by atoms with E-state index in [1.54, 1.807) is 6.07 Å². The first-order chi connectivity index (χ1) is 11.3. The van der Waals surface area contributed by atoms with E-state index >= 15 is 0 Å². The number of ether oxygens (including phenoxy) is 1. The largest absolute Gasteiger partial charge is 0.483 e. The van der Waals surface area contributed by atoms with Gasteiger partial charge in [-0.3, -0.25) is 4.79 Å². The fraction of sp³-hybridized carbons (Fsp3) is 0.222. The lowest BCUT2D eigenvalue weighted by Gasteiger charge is -2.13. The zero-order valence-corrected chi connectivity index (χ0v) is 15.2. The number of carboxylic acid groups (broad SMARTS) is 1. The zero-order chi connectivity index (χ0) is 17.9. The van der Waals surface area contributed by atoms with Crippen molar-refractivity contribution in [2.75, 3.05) is 11.9 Å². The highest BCUT2D eigenvalue weighted by molar-refractivity contribution is 9.10. The fourth-order valence-corrected chi connectivity index (χ4v) is 2.58. The predicted octanol–water partition coefficient (Wildman–Crippen LogP) is 4.09. The van der Waals surface area contributed by atoms with Crippen molar-refractivity contribution in [2.24, 2.45) is 0 Å². The van der Waals surface area contributed by atoms with E-state index in [0.717, 1.165) is 16.7 Å². The number of carbonyl (C=O) groups excluding carboxylic acids is 1. The van der Waals surface area contributed by atoms with E-state index in [-0.39, 0.29) is 17.9 Å². The van der Waals surface area contributed by atoms with Crippen molar-refractivity contribution < 1.29 is 19.4 Å². The molecule has 126 valence electrons. The van der Waals surface area contributed by atoms with Gasteiger partial charge in [0.1, 0.15) is 5.75 Å². The molecule has 0 unspecified atom stereocenters. The van der Waals surface area contributed by atoms with E-state index in [9.17, 15) is 14.7 Å². The van der Waals surface area contributed by atoms with E-state index in [1.165, 1.54) is 12.1 Å². The Morgan fingerprint density at radius 3 is 2.42 bits per heavy atom. The summed E-state index contributed by atoms with van der Waals surface area (Å²) in [6.45, 7) is 5.71. The van der Waals surface area contributed by atoms with E-state index in [1.807, 2.05) is 32.9 Å². The Bertz CT molecular complexity index is 802. The van der Waals surface area contributed by atoms with Gasteiger partial charge in [-0.25, -0.2) is 4.79 Å². The Morgan fingerprint density at radius 1 is 1.08 bits per heavy atom. The number of amides is 1. The molecule has 0 radical (unpaired) electrons. The molecule has 0 aliphatic heterocycles. The second-order valence-electron chi connectivity index (χ2n) is 5.53. The van der Waals surface area contributed by atoms with Crippen LogP contribution in [0.1, 0.15) is 27.0 Å². The van der Waals surface area contributed by atoms with E-state index in [2.05, 4.69) is 21.2 Å². The maximum absolute atomic E-state index is 12.1. The number of aromatic carboxylic acids is 1. The molecule has 0 aromatic heterocycles. The average molecular weight is 392 g/mol. The van der Waals surface area contributed by atoms with Crippen molar-refractivity contribution >= 4 is 33.5 Å².